The quantitative estimate of drug-likeness (QED) is 0.771. The standard InChI is InChI=1S/C23H26N2O4/c1-23(2,3)16-10-6-14(7-11-16)19-18(21(26)29-5)20(25-22(27)24-19)15-8-12-17(28-4)13-9-15/h6-13,19H,1-5H3,(H2,24,25,27). The van der Waals surface area contributed by atoms with Crippen molar-refractivity contribution in [3.05, 3.63) is 70.8 Å². The molecule has 0 aromatic heterocycles. The van der Waals surface area contributed by atoms with Gasteiger partial charge in [-0.15, -0.1) is 0 Å². The highest BCUT2D eigenvalue weighted by Crippen LogP contribution is 2.33. The molecule has 0 saturated heterocycles. The van der Waals surface area contributed by atoms with Gasteiger partial charge in [0.05, 0.1) is 31.5 Å². The maximum atomic E-state index is 12.7. The Bertz CT molecular complexity index is 938. The van der Waals surface area contributed by atoms with Crippen molar-refractivity contribution in [2.75, 3.05) is 14.2 Å². The zero-order chi connectivity index (χ0) is 21.2. The topological polar surface area (TPSA) is 76.7 Å². The van der Waals surface area contributed by atoms with Gasteiger partial charge < -0.3 is 20.1 Å². The van der Waals surface area contributed by atoms with Crippen molar-refractivity contribution in [1.29, 1.82) is 0 Å². The van der Waals surface area contributed by atoms with Crippen LogP contribution >= 0.6 is 0 Å². The Labute approximate surface area is 170 Å². The summed E-state index contributed by atoms with van der Waals surface area (Å²) in [6.45, 7) is 6.40. The number of rotatable bonds is 4. The van der Waals surface area contributed by atoms with Gasteiger partial charge in [-0.2, -0.15) is 0 Å². The van der Waals surface area contributed by atoms with Gasteiger partial charge in [0.15, 0.2) is 0 Å². The molecule has 0 fully saturated rings. The van der Waals surface area contributed by atoms with Crippen LogP contribution in [-0.4, -0.2) is 26.2 Å². The molecule has 0 spiro atoms. The van der Waals surface area contributed by atoms with Gasteiger partial charge in [0.2, 0.25) is 0 Å². The summed E-state index contributed by atoms with van der Waals surface area (Å²) < 4.78 is 10.2. The molecule has 1 heterocycles. The van der Waals surface area contributed by atoms with Crippen molar-refractivity contribution < 1.29 is 19.1 Å². The fraction of sp³-hybridized carbons (Fsp3) is 0.304. The van der Waals surface area contributed by atoms with Crippen molar-refractivity contribution in [3.63, 3.8) is 0 Å². The number of methoxy groups -OCH3 is 2. The predicted octanol–water partition coefficient (Wildman–Crippen LogP) is 3.93. The molecule has 0 radical (unpaired) electrons. The SMILES string of the molecule is COC(=O)C1=C(c2ccc(OC)cc2)NC(=O)NC1c1ccc(C(C)(C)C)cc1. The number of benzene rings is 2. The van der Waals surface area contributed by atoms with Crippen LogP contribution < -0.4 is 15.4 Å². The van der Waals surface area contributed by atoms with E-state index in [1.807, 2.05) is 24.3 Å². The number of hydrogen-bond donors (Lipinski definition) is 2. The fourth-order valence-electron chi connectivity index (χ4n) is 3.31. The van der Waals surface area contributed by atoms with Crippen LogP contribution in [0.2, 0.25) is 0 Å². The van der Waals surface area contributed by atoms with Crippen LogP contribution in [0.5, 0.6) is 5.75 Å². The van der Waals surface area contributed by atoms with Crippen molar-refractivity contribution in [1.82, 2.24) is 10.6 Å². The van der Waals surface area contributed by atoms with Gasteiger partial charge >= 0.3 is 12.0 Å². The van der Waals surface area contributed by atoms with E-state index >= 15 is 0 Å². The highest BCUT2D eigenvalue weighted by atomic mass is 16.5. The molecule has 0 bridgehead atoms. The smallest absolute Gasteiger partial charge is 0.338 e. The van der Waals surface area contributed by atoms with E-state index in [4.69, 9.17) is 9.47 Å². The first-order valence-electron chi connectivity index (χ1n) is 9.39. The zero-order valence-electron chi connectivity index (χ0n) is 17.3. The second kappa shape index (κ2) is 7.99. The van der Waals surface area contributed by atoms with E-state index in [1.165, 1.54) is 12.7 Å². The second-order valence-electron chi connectivity index (χ2n) is 7.91. The first kappa shape index (κ1) is 20.5. The van der Waals surface area contributed by atoms with Gasteiger partial charge in [-0.25, -0.2) is 9.59 Å². The fourth-order valence-corrected chi connectivity index (χ4v) is 3.31. The summed E-state index contributed by atoms with van der Waals surface area (Å²) >= 11 is 0. The highest BCUT2D eigenvalue weighted by molar-refractivity contribution is 6.04. The normalized spacial score (nSPS) is 16.7. The summed E-state index contributed by atoms with van der Waals surface area (Å²) in [7, 11) is 2.91. The first-order chi connectivity index (χ1) is 13.7. The van der Waals surface area contributed by atoms with Gasteiger partial charge in [-0.3, -0.25) is 0 Å². The molecule has 1 unspecified atom stereocenters. The average molecular weight is 394 g/mol. The Hall–Kier alpha value is -3.28. The zero-order valence-corrected chi connectivity index (χ0v) is 17.3. The van der Waals surface area contributed by atoms with Crippen LogP contribution in [-0.2, 0) is 14.9 Å². The lowest BCUT2D eigenvalue weighted by atomic mass is 9.85. The van der Waals surface area contributed by atoms with Gasteiger partial charge in [0, 0.05) is 0 Å². The number of amides is 2. The van der Waals surface area contributed by atoms with Gasteiger partial charge in [-0.05, 0) is 46.4 Å². The minimum atomic E-state index is -0.623. The molecular weight excluding hydrogens is 368 g/mol. The lowest BCUT2D eigenvalue weighted by Crippen LogP contribution is -2.45. The highest BCUT2D eigenvalue weighted by Gasteiger charge is 2.34. The molecule has 6 heteroatoms. The summed E-state index contributed by atoms with van der Waals surface area (Å²) in [5.41, 5.74) is 3.44. The van der Waals surface area contributed by atoms with E-state index in [0.717, 1.165) is 5.56 Å². The van der Waals surface area contributed by atoms with Crippen LogP contribution in [0.15, 0.2) is 54.1 Å². The summed E-state index contributed by atoms with van der Waals surface area (Å²) in [5, 5.41) is 5.60. The molecule has 2 amide bonds. The number of ether oxygens (including phenoxy) is 2. The van der Waals surface area contributed by atoms with Crippen molar-refractivity contribution >= 4 is 17.7 Å². The Morgan fingerprint density at radius 1 is 0.966 bits per heavy atom. The minimum absolute atomic E-state index is 0.00513. The van der Waals surface area contributed by atoms with E-state index in [-0.39, 0.29) is 11.4 Å². The van der Waals surface area contributed by atoms with E-state index in [9.17, 15) is 9.59 Å². The molecule has 0 saturated carbocycles. The predicted molar refractivity (Wildman–Crippen MR) is 111 cm³/mol. The number of esters is 1. The van der Waals surface area contributed by atoms with Crippen LogP contribution in [0.1, 0.15) is 43.5 Å². The molecular formula is C23H26N2O4. The van der Waals surface area contributed by atoms with Crippen molar-refractivity contribution in [3.8, 4) is 5.75 Å². The summed E-state index contributed by atoms with van der Waals surface area (Å²) in [4.78, 5) is 25.1. The van der Waals surface area contributed by atoms with E-state index in [2.05, 4.69) is 31.4 Å². The molecule has 3 rings (SSSR count). The second-order valence-corrected chi connectivity index (χ2v) is 7.91. The Morgan fingerprint density at radius 3 is 2.10 bits per heavy atom. The van der Waals surface area contributed by atoms with E-state index < -0.39 is 12.0 Å². The minimum Gasteiger partial charge on any atom is -0.497 e. The third kappa shape index (κ3) is 4.26. The molecule has 1 aliphatic rings. The molecule has 1 aliphatic heterocycles. The molecule has 152 valence electrons. The van der Waals surface area contributed by atoms with Crippen LogP contribution in [0.3, 0.4) is 0 Å². The number of carbonyl (C=O) groups excluding carboxylic acids is 2. The van der Waals surface area contributed by atoms with Gasteiger partial charge in [0.1, 0.15) is 5.75 Å². The first-order valence-corrected chi connectivity index (χ1v) is 9.39. The number of urea groups is 1. The van der Waals surface area contributed by atoms with E-state index in [1.54, 1.807) is 31.4 Å². The number of carbonyl (C=O) groups is 2. The maximum Gasteiger partial charge on any atom is 0.338 e. The maximum absolute atomic E-state index is 12.7. The third-order valence-corrected chi connectivity index (χ3v) is 4.97. The molecule has 2 aromatic rings. The average Bonchev–Trinajstić information content (AvgIpc) is 2.72. The van der Waals surface area contributed by atoms with Crippen molar-refractivity contribution in [2.24, 2.45) is 0 Å². The molecule has 2 N–H and O–H groups in total. The van der Waals surface area contributed by atoms with Gasteiger partial charge in [0.25, 0.3) is 0 Å². The van der Waals surface area contributed by atoms with Crippen molar-refractivity contribution in [2.45, 2.75) is 32.2 Å². The number of hydrogen-bond acceptors (Lipinski definition) is 4. The molecule has 1 atom stereocenters. The van der Waals surface area contributed by atoms with Gasteiger partial charge in [-0.1, -0.05) is 45.0 Å². The van der Waals surface area contributed by atoms with Crippen LogP contribution in [0.4, 0.5) is 4.79 Å². The molecule has 6 nitrogen and oxygen atoms in total. The Morgan fingerprint density at radius 2 is 1.59 bits per heavy atom. The summed E-state index contributed by atoms with van der Waals surface area (Å²) in [6.07, 6.45) is 0. The van der Waals surface area contributed by atoms with Crippen LogP contribution in [0, 0.1) is 0 Å². The molecule has 0 aliphatic carbocycles. The lowest BCUT2D eigenvalue weighted by molar-refractivity contribution is -0.136. The Balaban J connectivity index is 2.11. The molecule has 2 aromatic carbocycles. The number of nitrogens with one attached hydrogen (secondary N) is 2. The monoisotopic (exact) mass is 394 g/mol. The summed E-state index contributed by atoms with van der Waals surface area (Å²) in [6, 6.07) is 14.0. The largest absolute Gasteiger partial charge is 0.497 e. The summed E-state index contributed by atoms with van der Waals surface area (Å²) in [5.74, 6) is 0.178. The van der Waals surface area contributed by atoms with Crippen LogP contribution in [0.25, 0.3) is 5.70 Å². The Kier molecular flexibility index (Phi) is 5.64. The van der Waals surface area contributed by atoms with E-state index in [0.29, 0.717) is 22.6 Å². The molecule has 29 heavy (non-hydrogen) atoms. The lowest BCUT2D eigenvalue weighted by Gasteiger charge is -2.30. The third-order valence-electron chi connectivity index (χ3n) is 4.97.